The normalized spacial score (nSPS) is 23.8. The van der Waals surface area contributed by atoms with Crippen molar-refractivity contribution in [1.82, 2.24) is 0 Å². The Morgan fingerprint density at radius 2 is 2.17 bits per heavy atom. The molecule has 1 heterocycles. The summed E-state index contributed by atoms with van der Waals surface area (Å²) in [4.78, 5) is 0. The fourth-order valence-electron chi connectivity index (χ4n) is 2.05. The van der Waals surface area contributed by atoms with E-state index in [1.54, 1.807) is 0 Å². The lowest BCUT2D eigenvalue weighted by molar-refractivity contribution is -0.0225. The van der Waals surface area contributed by atoms with Crippen LogP contribution in [-0.4, -0.2) is 22.0 Å². The average molecular weight is 260 g/mol. The minimum absolute atomic E-state index is 0.221. The van der Waals surface area contributed by atoms with E-state index in [0.717, 1.165) is 13.0 Å². The van der Waals surface area contributed by atoms with E-state index in [4.69, 9.17) is 9.16 Å². The quantitative estimate of drug-likeness (QED) is 0.471. The van der Waals surface area contributed by atoms with Crippen LogP contribution in [0.4, 0.5) is 0 Å². The first kappa shape index (κ1) is 13.4. The maximum absolute atomic E-state index is 5.72. The molecule has 1 aromatic rings. The molecule has 3 heteroatoms. The van der Waals surface area contributed by atoms with Crippen LogP contribution in [0, 0.1) is 11.5 Å². The van der Waals surface area contributed by atoms with Gasteiger partial charge in [-0.2, -0.15) is 0 Å². The van der Waals surface area contributed by atoms with Gasteiger partial charge in [-0.05, 0) is 31.7 Å². The van der Waals surface area contributed by atoms with Crippen molar-refractivity contribution < 1.29 is 9.16 Å². The molecule has 1 unspecified atom stereocenters. The van der Waals surface area contributed by atoms with Crippen molar-refractivity contribution in [3.8, 4) is 11.5 Å². The molecular formula is C15H20O2Si. The minimum atomic E-state index is -0.756. The molecule has 0 radical (unpaired) electrons. The molecule has 1 aliphatic rings. The number of ether oxygens (including phenoxy) is 1. The monoisotopic (exact) mass is 260 g/mol. The first-order valence-corrected chi connectivity index (χ1v) is 7.83. The molecule has 1 aliphatic heterocycles. The Morgan fingerprint density at radius 3 is 2.89 bits per heavy atom. The summed E-state index contributed by atoms with van der Waals surface area (Å²) in [5, 5.41) is 0. The molecule has 0 spiro atoms. The van der Waals surface area contributed by atoms with E-state index in [2.05, 4.69) is 30.5 Å². The second-order valence-corrected chi connectivity index (χ2v) is 5.87. The topological polar surface area (TPSA) is 18.5 Å². The molecule has 0 N–H and O–H groups in total. The standard InChI is InChI=1S/C15H20O2Si/c1-15(9-5-6-11-16-15)10-12-18-17-13-14-7-3-2-4-8-14/h2-4,7-8H,5-6,9,11,13,18H2,1H3. The fraction of sp³-hybridized carbons (Fsp3) is 0.467. The van der Waals surface area contributed by atoms with Gasteiger partial charge < -0.3 is 9.16 Å². The average Bonchev–Trinajstić information content (AvgIpc) is 2.40. The SMILES string of the molecule is CC1(C#C[SiH2]OCc2ccccc2)CCCCO1. The Morgan fingerprint density at radius 1 is 1.33 bits per heavy atom. The third-order valence-corrected chi connectivity index (χ3v) is 3.84. The molecule has 96 valence electrons. The Labute approximate surface area is 112 Å². The van der Waals surface area contributed by atoms with E-state index < -0.39 is 9.76 Å². The van der Waals surface area contributed by atoms with Gasteiger partial charge in [0.15, 0.2) is 0 Å². The summed E-state index contributed by atoms with van der Waals surface area (Å²) < 4.78 is 11.4. The molecule has 2 nitrogen and oxygen atoms in total. The largest absolute Gasteiger partial charge is 0.407 e. The van der Waals surface area contributed by atoms with Crippen LogP contribution in [0.25, 0.3) is 0 Å². The van der Waals surface area contributed by atoms with E-state index in [1.807, 2.05) is 18.2 Å². The van der Waals surface area contributed by atoms with Gasteiger partial charge in [-0.25, -0.2) is 0 Å². The van der Waals surface area contributed by atoms with Crippen molar-refractivity contribution in [1.29, 1.82) is 0 Å². The minimum Gasteiger partial charge on any atom is -0.407 e. The maximum atomic E-state index is 5.72. The van der Waals surface area contributed by atoms with Crippen LogP contribution in [-0.2, 0) is 15.8 Å². The van der Waals surface area contributed by atoms with Gasteiger partial charge in [0.1, 0.15) is 5.60 Å². The van der Waals surface area contributed by atoms with Gasteiger partial charge in [-0.15, -0.1) is 5.54 Å². The molecule has 0 bridgehead atoms. The van der Waals surface area contributed by atoms with Crippen molar-refractivity contribution in [2.45, 2.75) is 38.4 Å². The molecule has 1 saturated heterocycles. The van der Waals surface area contributed by atoms with Crippen LogP contribution in [0.1, 0.15) is 31.7 Å². The molecule has 0 amide bonds. The summed E-state index contributed by atoms with van der Waals surface area (Å²) >= 11 is 0. The first-order chi connectivity index (χ1) is 8.79. The van der Waals surface area contributed by atoms with Crippen LogP contribution < -0.4 is 0 Å². The molecule has 0 aliphatic carbocycles. The van der Waals surface area contributed by atoms with Crippen molar-refractivity contribution in [3.63, 3.8) is 0 Å². The van der Waals surface area contributed by atoms with E-state index >= 15 is 0 Å². The Hall–Kier alpha value is -1.08. The highest BCUT2D eigenvalue weighted by atomic mass is 28.2. The van der Waals surface area contributed by atoms with Crippen LogP contribution in [0.2, 0.25) is 0 Å². The molecule has 0 aromatic heterocycles. The summed E-state index contributed by atoms with van der Waals surface area (Å²) in [6.45, 7) is 3.61. The van der Waals surface area contributed by atoms with Crippen LogP contribution in [0.15, 0.2) is 30.3 Å². The molecule has 2 rings (SSSR count). The van der Waals surface area contributed by atoms with E-state index in [9.17, 15) is 0 Å². The Bertz CT molecular complexity index is 413. The highest BCUT2D eigenvalue weighted by Crippen LogP contribution is 2.23. The van der Waals surface area contributed by atoms with Crippen LogP contribution in [0.3, 0.4) is 0 Å². The third kappa shape index (κ3) is 4.30. The molecule has 1 aromatic carbocycles. The first-order valence-electron chi connectivity index (χ1n) is 6.54. The molecular weight excluding hydrogens is 240 g/mol. The lowest BCUT2D eigenvalue weighted by atomic mass is 9.97. The number of rotatable bonds is 3. The summed E-state index contributed by atoms with van der Waals surface area (Å²) in [6, 6.07) is 10.2. The fourth-order valence-corrected chi connectivity index (χ4v) is 2.94. The highest BCUT2D eigenvalue weighted by Gasteiger charge is 2.24. The third-order valence-electron chi connectivity index (χ3n) is 3.11. The van der Waals surface area contributed by atoms with Gasteiger partial charge in [-0.3, -0.25) is 0 Å². The van der Waals surface area contributed by atoms with Crippen molar-refractivity contribution in [2.24, 2.45) is 0 Å². The number of hydrogen-bond donors (Lipinski definition) is 0. The smallest absolute Gasteiger partial charge is 0.241 e. The van der Waals surface area contributed by atoms with Gasteiger partial charge >= 0.3 is 0 Å². The molecule has 18 heavy (non-hydrogen) atoms. The lowest BCUT2D eigenvalue weighted by Crippen LogP contribution is -2.31. The van der Waals surface area contributed by atoms with Gasteiger partial charge in [0.25, 0.3) is 0 Å². The zero-order valence-electron chi connectivity index (χ0n) is 10.9. The van der Waals surface area contributed by atoms with E-state index in [-0.39, 0.29) is 5.60 Å². The van der Waals surface area contributed by atoms with Gasteiger partial charge in [0.2, 0.25) is 9.76 Å². The lowest BCUT2D eigenvalue weighted by Gasteiger charge is -2.28. The Kier molecular flexibility index (Phi) is 5.00. The molecule has 1 fully saturated rings. The summed E-state index contributed by atoms with van der Waals surface area (Å²) in [6.07, 6.45) is 3.43. The zero-order chi connectivity index (χ0) is 12.7. The van der Waals surface area contributed by atoms with Crippen LogP contribution >= 0.6 is 0 Å². The molecule has 0 saturated carbocycles. The summed E-state index contributed by atoms with van der Waals surface area (Å²) in [7, 11) is -0.756. The van der Waals surface area contributed by atoms with Gasteiger partial charge in [-0.1, -0.05) is 36.3 Å². The highest BCUT2D eigenvalue weighted by molar-refractivity contribution is 6.38. The maximum Gasteiger partial charge on any atom is 0.241 e. The zero-order valence-corrected chi connectivity index (χ0v) is 12.4. The second-order valence-electron chi connectivity index (χ2n) is 4.82. The predicted molar refractivity (Wildman–Crippen MR) is 75.8 cm³/mol. The second kappa shape index (κ2) is 6.74. The van der Waals surface area contributed by atoms with Crippen molar-refractivity contribution >= 4 is 9.76 Å². The summed E-state index contributed by atoms with van der Waals surface area (Å²) in [5.74, 6) is 3.25. The predicted octanol–water partition coefficient (Wildman–Crippen LogP) is 2.21. The molecule has 1 atom stereocenters. The van der Waals surface area contributed by atoms with Gasteiger partial charge in [0.05, 0.1) is 6.61 Å². The van der Waals surface area contributed by atoms with Crippen LogP contribution in [0.5, 0.6) is 0 Å². The van der Waals surface area contributed by atoms with Crippen molar-refractivity contribution in [3.05, 3.63) is 35.9 Å². The Balaban J connectivity index is 1.72. The number of hydrogen-bond acceptors (Lipinski definition) is 2. The van der Waals surface area contributed by atoms with E-state index in [0.29, 0.717) is 6.61 Å². The van der Waals surface area contributed by atoms with Crippen molar-refractivity contribution in [2.75, 3.05) is 6.61 Å². The van der Waals surface area contributed by atoms with Gasteiger partial charge in [0, 0.05) is 6.61 Å². The van der Waals surface area contributed by atoms with E-state index in [1.165, 1.54) is 18.4 Å². The summed E-state index contributed by atoms with van der Waals surface area (Å²) in [5.41, 5.74) is 4.20. The number of benzene rings is 1.